The third-order valence-electron chi connectivity index (χ3n) is 2.97. The van der Waals surface area contributed by atoms with Crippen LogP contribution in [0.5, 0.6) is 0 Å². The Bertz CT molecular complexity index is 770. The summed E-state index contributed by atoms with van der Waals surface area (Å²) in [7, 11) is 1.78. The van der Waals surface area contributed by atoms with Gasteiger partial charge in [0.1, 0.15) is 28.1 Å². The third kappa shape index (κ3) is 2.34. The molecule has 0 atom stereocenters. The maximum Gasteiger partial charge on any atom is 0.138 e. The van der Waals surface area contributed by atoms with Crippen LogP contribution >= 0.6 is 11.3 Å². The van der Waals surface area contributed by atoms with E-state index in [0.717, 1.165) is 16.3 Å². The molecule has 0 fully saturated rings. The smallest absolute Gasteiger partial charge is 0.138 e. The largest absolute Gasteiger partial charge is 0.372 e. The highest BCUT2D eigenvalue weighted by molar-refractivity contribution is 7.16. The van der Waals surface area contributed by atoms with E-state index in [1.807, 2.05) is 11.4 Å². The van der Waals surface area contributed by atoms with Gasteiger partial charge in [-0.15, -0.1) is 11.3 Å². The fraction of sp³-hybridized carbons (Fsp3) is 0.143. The Morgan fingerprint density at radius 2 is 2.05 bits per heavy atom. The van der Waals surface area contributed by atoms with Crippen molar-refractivity contribution in [3.8, 4) is 0 Å². The van der Waals surface area contributed by atoms with Crippen LogP contribution in [-0.2, 0) is 6.42 Å². The molecule has 102 valence electrons. The van der Waals surface area contributed by atoms with E-state index in [0.29, 0.717) is 17.2 Å². The molecule has 0 radical (unpaired) electrons. The molecular formula is C14H11F2N3S. The average Bonchev–Trinajstić information content (AvgIpc) is 2.89. The van der Waals surface area contributed by atoms with Gasteiger partial charge in [0, 0.05) is 19.5 Å². The van der Waals surface area contributed by atoms with Gasteiger partial charge in [0.15, 0.2) is 0 Å². The standard InChI is InChI=1S/C14H11F2N3S/c1-17-13-10-4-5-20-14(10)19-12(18-13)6-8-2-3-9(15)7-11(8)16/h2-5,7H,6H2,1H3,(H,17,18,19). The van der Waals surface area contributed by atoms with Crippen molar-refractivity contribution in [2.24, 2.45) is 0 Å². The molecule has 2 heterocycles. The second kappa shape index (κ2) is 5.13. The van der Waals surface area contributed by atoms with Crippen LogP contribution in [0, 0.1) is 11.6 Å². The van der Waals surface area contributed by atoms with Crippen LogP contribution in [0.2, 0.25) is 0 Å². The maximum absolute atomic E-state index is 13.7. The van der Waals surface area contributed by atoms with Gasteiger partial charge in [0.25, 0.3) is 0 Å². The molecule has 2 aromatic heterocycles. The Labute approximate surface area is 118 Å². The highest BCUT2D eigenvalue weighted by Gasteiger charge is 2.11. The Morgan fingerprint density at radius 1 is 1.20 bits per heavy atom. The maximum atomic E-state index is 13.7. The number of hydrogen-bond donors (Lipinski definition) is 1. The Balaban J connectivity index is 2.01. The number of hydrogen-bond acceptors (Lipinski definition) is 4. The minimum absolute atomic E-state index is 0.231. The lowest BCUT2D eigenvalue weighted by Crippen LogP contribution is -2.02. The van der Waals surface area contributed by atoms with E-state index in [1.165, 1.54) is 23.5 Å². The summed E-state index contributed by atoms with van der Waals surface area (Å²) in [6.07, 6.45) is 0.231. The Hall–Kier alpha value is -2.08. The van der Waals surface area contributed by atoms with E-state index in [4.69, 9.17) is 0 Å². The SMILES string of the molecule is CNc1nc(Cc2ccc(F)cc2F)nc2sccc12. The molecule has 0 aliphatic carbocycles. The predicted molar refractivity (Wildman–Crippen MR) is 76.1 cm³/mol. The fourth-order valence-electron chi connectivity index (χ4n) is 2.00. The minimum atomic E-state index is -0.586. The molecule has 0 aliphatic heterocycles. The van der Waals surface area contributed by atoms with E-state index in [-0.39, 0.29) is 6.42 Å². The van der Waals surface area contributed by atoms with E-state index < -0.39 is 11.6 Å². The lowest BCUT2D eigenvalue weighted by molar-refractivity contribution is 0.573. The van der Waals surface area contributed by atoms with Gasteiger partial charge < -0.3 is 5.32 Å². The van der Waals surface area contributed by atoms with Crippen LogP contribution in [0.3, 0.4) is 0 Å². The molecule has 0 unspecified atom stereocenters. The monoisotopic (exact) mass is 291 g/mol. The zero-order chi connectivity index (χ0) is 14.1. The number of anilines is 1. The molecule has 1 N–H and O–H groups in total. The Kier molecular flexibility index (Phi) is 3.31. The van der Waals surface area contributed by atoms with Crippen LogP contribution in [-0.4, -0.2) is 17.0 Å². The molecule has 6 heteroatoms. The summed E-state index contributed by atoms with van der Waals surface area (Å²) < 4.78 is 26.6. The normalized spacial score (nSPS) is 10.9. The quantitative estimate of drug-likeness (QED) is 0.801. The Morgan fingerprint density at radius 3 is 2.80 bits per heavy atom. The summed E-state index contributed by atoms with van der Waals surface area (Å²) in [5.74, 6) is 0.0613. The highest BCUT2D eigenvalue weighted by atomic mass is 32.1. The first kappa shape index (κ1) is 12.9. The van der Waals surface area contributed by atoms with Crippen molar-refractivity contribution in [2.45, 2.75) is 6.42 Å². The lowest BCUT2D eigenvalue weighted by atomic mass is 10.1. The molecule has 0 spiro atoms. The molecule has 3 nitrogen and oxygen atoms in total. The van der Waals surface area contributed by atoms with Crippen LogP contribution in [0.15, 0.2) is 29.6 Å². The molecule has 1 aromatic carbocycles. The van der Waals surface area contributed by atoms with Gasteiger partial charge in [-0.3, -0.25) is 0 Å². The van der Waals surface area contributed by atoms with Crippen molar-refractivity contribution in [2.75, 3.05) is 12.4 Å². The first-order valence-electron chi connectivity index (χ1n) is 6.03. The lowest BCUT2D eigenvalue weighted by Gasteiger charge is -2.06. The zero-order valence-electron chi connectivity index (χ0n) is 10.7. The number of nitrogens with zero attached hydrogens (tertiary/aromatic N) is 2. The first-order chi connectivity index (χ1) is 9.67. The third-order valence-corrected chi connectivity index (χ3v) is 3.78. The number of fused-ring (bicyclic) bond motifs is 1. The van der Waals surface area contributed by atoms with E-state index in [1.54, 1.807) is 7.05 Å². The van der Waals surface area contributed by atoms with Gasteiger partial charge in [0.2, 0.25) is 0 Å². The second-order valence-corrected chi connectivity index (χ2v) is 5.18. The molecule has 3 rings (SSSR count). The predicted octanol–water partition coefficient (Wildman–Crippen LogP) is 3.60. The van der Waals surface area contributed by atoms with E-state index in [2.05, 4.69) is 15.3 Å². The number of halogens is 2. The molecule has 3 aromatic rings. The molecule has 0 bridgehead atoms. The number of nitrogens with one attached hydrogen (secondary N) is 1. The van der Waals surface area contributed by atoms with Gasteiger partial charge in [-0.25, -0.2) is 18.7 Å². The molecular weight excluding hydrogens is 280 g/mol. The summed E-state index contributed by atoms with van der Waals surface area (Å²) in [5.41, 5.74) is 0.379. The van der Waals surface area contributed by atoms with Crippen molar-refractivity contribution in [3.05, 3.63) is 52.7 Å². The van der Waals surface area contributed by atoms with Gasteiger partial charge >= 0.3 is 0 Å². The second-order valence-electron chi connectivity index (χ2n) is 4.29. The molecule has 0 saturated heterocycles. The number of rotatable bonds is 3. The van der Waals surface area contributed by atoms with Gasteiger partial charge in [-0.05, 0) is 23.1 Å². The summed E-state index contributed by atoms with van der Waals surface area (Å²) in [5, 5.41) is 5.89. The highest BCUT2D eigenvalue weighted by Crippen LogP contribution is 2.25. The van der Waals surface area contributed by atoms with Crippen molar-refractivity contribution in [1.29, 1.82) is 0 Å². The van der Waals surface area contributed by atoms with Crippen molar-refractivity contribution < 1.29 is 8.78 Å². The zero-order valence-corrected chi connectivity index (χ0v) is 11.5. The molecule has 0 aliphatic rings. The first-order valence-corrected chi connectivity index (χ1v) is 6.91. The summed E-state index contributed by atoms with van der Waals surface area (Å²) in [4.78, 5) is 9.63. The number of thiophene rings is 1. The van der Waals surface area contributed by atoms with Crippen molar-refractivity contribution in [1.82, 2.24) is 9.97 Å². The van der Waals surface area contributed by atoms with Gasteiger partial charge in [-0.1, -0.05) is 6.07 Å². The van der Waals surface area contributed by atoms with Crippen molar-refractivity contribution in [3.63, 3.8) is 0 Å². The van der Waals surface area contributed by atoms with E-state index in [9.17, 15) is 8.78 Å². The summed E-state index contributed by atoms with van der Waals surface area (Å²) in [6, 6.07) is 5.47. The molecule has 0 saturated carbocycles. The molecule has 20 heavy (non-hydrogen) atoms. The molecule has 0 amide bonds. The van der Waals surface area contributed by atoms with Crippen molar-refractivity contribution >= 4 is 27.4 Å². The average molecular weight is 291 g/mol. The van der Waals surface area contributed by atoms with Crippen LogP contribution < -0.4 is 5.32 Å². The van der Waals surface area contributed by atoms with Crippen LogP contribution in [0.1, 0.15) is 11.4 Å². The number of benzene rings is 1. The van der Waals surface area contributed by atoms with Crippen LogP contribution in [0.25, 0.3) is 10.2 Å². The van der Waals surface area contributed by atoms with E-state index >= 15 is 0 Å². The van der Waals surface area contributed by atoms with Gasteiger partial charge in [0.05, 0.1) is 5.39 Å². The fourth-order valence-corrected chi connectivity index (χ4v) is 2.79. The van der Waals surface area contributed by atoms with Crippen LogP contribution in [0.4, 0.5) is 14.6 Å². The summed E-state index contributed by atoms with van der Waals surface area (Å²) >= 11 is 1.50. The minimum Gasteiger partial charge on any atom is -0.372 e. The summed E-state index contributed by atoms with van der Waals surface area (Å²) in [6.45, 7) is 0. The number of aromatic nitrogens is 2. The van der Waals surface area contributed by atoms with Gasteiger partial charge in [-0.2, -0.15) is 0 Å². The topological polar surface area (TPSA) is 37.8 Å².